The molecule has 0 aromatic heterocycles. The molecule has 2 N–H and O–H groups in total. The van der Waals surface area contributed by atoms with Crippen LogP contribution in [0.2, 0.25) is 0 Å². The number of urea groups is 1. The zero-order valence-corrected chi connectivity index (χ0v) is 14.8. The van der Waals surface area contributed by atoms with Crippen molar-refractivity contribution in [3.05, 3.63) is 65.2 Å². The minimum absolute atomic E-state index is 0.192. The molecule has 2 aromatic rings. The van der Waals surface area contributed by atoms with Crippen LogP contribution < -0.4 is 15.0 Å². The lowest BCUT2D eigenvalue weighted by molar-refractivity contribution is -0.139. The number of aryl methyl sites for hydroxylation is 1. The van der Waals surface area contributed by atoms with Crippen molar-refractivity contribution in [3.63, 3.8) is 0 Å². The number of imide groups is 2. The summed E-state index contributed by atoms with van der Waals surface area (Å²) in [5.41, 5.74) is 1.23. The number of carboxylic acid groups (broad SMARTS) is 1. The molecule has 1 heterocycles. The van der Waals surface area contributed by atoms with Gasteiger partial charge in [0.2, 0.25) is 0 Å². The van der Waals surface area contributed by atoms with Gasteiger partial charge in [0.15, 0.2) is 6.61 Å². The second-order valence-corrected chi connectivity index (χ2v) is 6.02. The third kappa shape index (κ3) is 3.90. The van der Waals surface area contributed by atoms with Crippen molar-refractivity contribution in [2.75, 3.05) is 11.5 Å². The maximum absolute atomic E-state index is 12.9. The molecule has 1 aliphatic heterocycles. The first-order chi connectivity index (χ1) is 13.4. The number of hydrogen-bond acceptors (Lipinski definition) is 5. The molecule has 0 saturated carbocycles. The van der Waals surface area contributed by atoms with Crippen LogP contribution in [0.5, 0.6) is 5.75 Å². The summed E-state index contributed by atoms with van der Waals surface area (Å²) in [5, 5.41) is 10.9. The van der Waals surface area contributed by atoms with Gasteiger partial charge in [-0.2, -0.15) is 0 Å². The van der Waals surface area contributed by atoms with Crippen LogP contribution in [0.4, 0.5) is 10.5 Å². The fourth-order valence-electron chi connectivity index (χ4n) is 2.69. The van der Waals surface area contributed by atoms with Crippen molar-refractivity contribution in [2.24, 2.45) is 0 Å². The molecule has 8 heteroatoms. The molecule has 1 fully saturated rings. The van der Waals surface area contributed by atoms with Crippen molar-refractivity contribution in [2.45, 2.75) is 6.92 Å². The van der Waals surface area contributed by atoms with Gasteiger partial charge < -0.3 is 9.84 Å². The van der Waals surface area contributed by atoms with E-state index in [2.05, 4.69) is 5.32 Å². The van der Waals surface area contributed by atoms with Crippen LogP contribution >= 0.6 is 0 Å². The zero-order valence-electron chi connectivity index (χ0n) is 14.8. The van der Waals surface area contributed by atoms with Gasteiger partial charge >= 0.3 is 12.0 Å². The van der Waals surface area contributed by atoms with E-state index in [1.54, 1.807) is 36.4 Å². The second-order valence-electron chi connectivity index (χ2n) is 6.02. The molecule has 1 aliphatic rings. The monoisotopic (exact) mass is 380 g/mol. The summed E-state index contributed by atoms with van der Waals surface area (Å²) < 4.78 is 5.19. The Morgan fingerprint density at radius 3 is 2.61 bits per heavy atom. The number of benzene rings is 2. The van der Waals surface area contributed by atoms with Crippen LogP contribution in [0.3, 0.4) is 0 Å². The summed E-state index contributed by atoms with van der Waals surface area (Å²) >= 11 is 0. The number of barbiturate groups is 1. The van der Waals surface area contributed by atoms with Gasteiger partial charge in [-0.25, -0.2) is 14.5 Å². The van der Waals surface area contributed by atoms with E-state index in [0.29, 0.717) is 11.3 Å². The number of aliphatic carboxylic acids is 1. The average molecular weight is 380 g/mol. The van der Waals surface area contributed by atoms with Crippen LogP contribution in [-0.2, 0) is 14.4 Å². The molecule has 0 spiro atoms. The van der Waals surface area contributed by atoms with Crippen LogP contribution in [-0.4, -0.2) is 35.5 Å². The molecule has 3 rings (SSSR count). The van der Waals surface area contributed by atoms with Crippen molar-refractivity contribution in [3.8, 4) is 5.75 Å². The van der Waals surface area contributed by atoms with Gasteiger partial charge in [0.25, 0.3) is 11.8 Å². The maximum Gasteiger partial charge on any atom is 0.341 e. The van der Waals surface area contributed by atoms with E-state index in [-0.39, 0.29) is 11.3 Å². The molecule has 2 aromatic carbocycles. The summed E-state index contributed by atoms with van der Waals surface area (Å²) in [6, 6.07) is 12.3. The Labute approximate surface area is 160 Å². The van der Waals surface area contributed by atoms with Crippen LogP contribution in [0.25, 0.3) is 6.08 Å². The summed E-state index contributed by atoms with van der Waals surface area (Å²) in [7, 11) is 0. The normalized spacial score (nSPS) is 15.5. The van der Waals surface area contributed by atoms with Gasteiger partial charge in [-0.1, -0.05) is 30.3 Å². The molecule has 0 atom stereocenters. The Morgan fingerprint density at radius 2 is 1.89 bits per heavy atom. The Bertz CT molecular complexity index is 1010. The number of carboxylic acids is 1. The number of rotatable bonds is 5. The second kappa shape index (κ2) is 7.75. The Balaban J connectivity index is 1.99. The van der Waals surface area contributed by atoms with Crippen molar-refractivity contribution >= 4 is 35.6 Å². The number of nitrogens with one attached hydrogen (secondary N) is 1. The number of nitrogens with zero attached hydrogens (tertiary/aromatic N) is 1. The summed E-state index contributed by atoms with van der Waals surface area (Å²) in [6.07, 6.45) is 1.27. The fraction of sp³-hybridized carbons (Fsp3) is 0.100. The first-order valence-electron chi connectivity index (χ1n) is 8.28. The zero-order chi connectivity index (χ0) is 20.3. The average Bonchev–Trinajstić information content (AvgIpc) is 2.64. The highest BCUT2D eigenvalue weighted by Gasteiger charge is 2.37. The van der Waals surface area contributed by atoms with Gasteiger partial charge in [0.1, 0.15) is 11.3 Å². The van der Waals surface area contributed by atoms with Gasteiger partial charge in [0, 0.05) is 5.56 Å². The lowest BCUT2D eigenvalue weighted by atomic mass is 10.1. The molecule has 0 bridgehead atoms. The van der Waals surface area contributed by atoms with Crippen LogP contribution in [0.15, 0.2) is 54.1 Å². The van der Waals surface area contributed by atoms with E-state index in [1.807, 2.05) is 13.0 Å². The Hall–Kier alpha value is -3.94. The van der Waals surface area contributed by atoms with Gasteiger partial charge in [-0.3, -0.25) is 14.9 Å². The van der Waals surface area contributed by atoms with Crippen molar-refractivity contribution in [1.29, 1.82) is 0 Å². The highest BCUT2D eigenvalue weighted by molar-refractivity contribution is 6.39. The first-order valence-corrected chi connectivity index (χ1v) is 8.28. The molecule has 0 aliphatic carbocycles. The number of carbonyl (C=O) groups is 4. The van der Waals surface area contributed by atoms with Gasteiger partial charge in [-0.15, -0.1) is 0 Å². The van der Waals surface area contributed by atoms with E-state index in [9.17, 15) is 19.2 Å². The van der Waals surface area contributed by atoms with E-state index in [1.165, 1.54) is 12.1 Å². The number of anilines is 1. The third-order valence-electron chi connectivity index (χ3n) is 3.93. The number of ether oxygens (including phenoxy) is 1. The standard InChI is InChI=1S/C20H16N2O6/c1-12-5-4-7-14(9-12)22-19(26)15(18(25)21-20(22)27)10-13-6-2-3-8-16(13)28-11-17(23)24/h2-10H,11H2,1H3,(H,23,24)(H,21,25,27). The van der Waals surface area contributed by atoms with E-state index >= 15 is 0 Å². The molecule has 8 nitrogen and oxygen atoms in total. The topological polar surface area (TPSA) is 113 Å². The number of carbonyl (C=O) groups excluding carboxylic acids is 3. The minimum Gasteiger partial charge on any atom is -0.481 e. The third-order valence-corrected chi connectivity index (χ3v) is 3.93. The molecular formula is C20H16N2O6. The molecule has 4 amide bonds. The SMILES string of the molecule is Cc1cccc(N2C(=O)NC(=O)C(=Cc3ccccc3OCC(=O)O)C2=O)c1. The predicted molar refractivity (Wildman–Crippen MR) is 99.8 cm³/mol. The fourth-order valence-corrected chi connectivity index (χ4v) is 2.69. The highest BCUT2D eigenvalue weighted by Crippen LogP contribution is 2.25. The van der Waals surface area contributed by atoms with Gasteiger partial charge in [0.05, 0.1) is 5.69 Å². The summed E-state index contributed by atoms with van der Waals surface area (Å²) in [4.78, 5) is 49.0. The molecule has 1 saturated heterocycles. The Morgan fingerprint density at radius 1 is 1.14 bits per heavy atom. The number of amides is 4. The van der Waals surface area contributed by atoms with E-state index in [0.717, 1.165) is 10.5 Å². The Kier molecular flexibility index (Phi) is 5.21. The molecular weight excluding hydrogens is 364 g/mol. The predicted octanol–water partition coefficient (Wildman–Crippen LogP) is 2.12. The van der Waals surface area contributed by atoms with Crippen LogP contribution in [0.1, 0.15) is 11.1 Å². The maximum atomic E-state index is 12.9. The number of hydrogen-bond donors (Lipinski definition) is 2. The van der Waals surface area contributed by atoms with Crippen LogP contribution in [0, 0.1) is 6.92 Å². The lowest BCUT2D eigenvalue weighted by Gasteiger charge is -2.26. The molecule has 28 heavy (non-hydrogen) atoms. The molecule has 0 unspecified atom stereocenters. The first kappa shape index (κ1) is 18.8. The van der Waals surface area contributed by atoms with E-state index in [4.69, 9.17) is 9.84 Å². The van der Waals surface area contributed by atoms with Crippen molar-refractivity contribution in [1.82, 2.24) is 5.32 Å². The van der Waals surface area contributed by atoms with E-state index < -0.39 is 30.4 Å². The quantitative estimate of drug-likeness (QED) is 0.607. The van der Waals surface area contributed by atoms with Crippen molar-refractivity contribution < 1.29 is 29.0 Å². The molecule has 0 radical (unpaired) electrons. The largest absolute Gasteiger partial charge is 0.481 e. The van der Waals surface area contributed by atoms with Gasteiger partial charge in [-0.05, 0) is 36.8 Å². The molecule has 142 valence electrons. The summed E-state index contributed by atoms with van der Waals surface area (Å²) in [5.74, 6) is -2.60. The minimum atomic E-state index is -1.16. The smallest absolute Gasteiger partial charge is 0.341 e. The number of para-hydroxylation sites is 1. The highest BCUT2D eigenvalue weighted by atomic mass is 16.5. The summed E-state index contributed by atoms with van der Waals surface area (Å²) in [6.45, 7) is 1.24. The lowest BCUT2D eigenvalue weighted by Crippen LogP contribution is -2.54.